The maximum atomic E-state index is 11.7. The molecule has 0 radical (unpaired) electrons. The molecular weight excluding hydrogens is 218 g/mol. The van der Waals surface area contributed by atoms with E-state index < -0.39 is 0 Å². The maximum absolute atomic E-state index is 11.7. The summed E-state index contributed by atoms with van der Waals surface area (Å²) in [6.45, 7) is 7.34. The third kappa shape index (κ3) is 4.21. The molecule has 0 saturated carbocycles. The Kier molecular flexibility index (Phi) is 5.19. The molecule has 4 nitrogen and oxygen atoms in total. The molecule has 0 aromatic heterocycles. The van der Waals surface area contributed by atoms with Gasteiger partial charge in [0.2, 0.25) is 5.91 Å². The summed E-state index contributed by atoms with van der Waals surface area (Å²) in [4.78, 5) is 25.1. The van der Waals surface area contributed by atoms with Crippen LogP contribution in [-0.4, -0.2) is 36.5 Å². The molecule has 0 aliphatic carbocycles. The molecule has 0 spiro atoms. The zero-order chi connectivity index (χ0) is 12.8. The van der Waals surface area contributed by atoms with Gasteiger partial charge in [-0.05, 0) is 33.6 Å². The quantitative estimate of drug-likeness (QED) is 0.557. The second-order valence-electron chi connectivity index (χ2n) is 4.57. The highest BCUT2D eigenvalue weighted by molar-refractivity contribution is 5.88. The Morgan fingerprint density at radius 3 is 2.35 bits per heavy atom. The van der Waals surface area contributed by atoms with Crippen molar-refractivity contribution in [1.82, 2.24) is 4.90 Å². The standard InChI is InChI=1S/C13H21NO3/c1-4-17-13(16)11-5-7-14(8-6-11)12(15)9-10(2)3/h9,11H,4-8H2,1-3H3. The van der Waals surface area contributed by atoms with E-state index in [0.717, 1.165) is 5.57 Å². The van der Waals surface area contributed by atoms with Gasteiger partial charge in [0, 0.05) is 19.2 Å². The van der Waals surface area contributed by atoms with E-state index in [9.17, 15) is 9.59 Å². The first kappa shape index (κ1) is 13.7. The average molecular weight is 239 g/mol. The molecule has 0 bridgehead atoms. The van der Waals surface area contributed by atoms with E-state index in [1.807, 2.05) is 20.8 Å². The Morgan fingerprint density at radius 2 is 1.88 bits per heavy atom. The summed E-state index contributed by atoms with van der Waals surface area (Å²) in [6.07, 6.45) is 3.06. The number of rotatable bonds is 3. The monoisotopic (exact) mass is 239 g/mol. The molecule has 1 rings (SSSR count). The van der Waals surface area contributed by atoms with Crippen molar-refractivity contribution in [2.24, 2.45) is 5.92 Å². The van der Waals surface area contributed by atoms with Crippen molar-refractivity contribution >= 4 is 11.9 Å². The molecule has 1 heterocycles. The number of hydrogen-bond acceptors (Lipinski definition) is 3. The number of allylic oxidation sites excluding steroid dienone is 1. The molecule has 96 valence electrons. The summed E-state index contributed by atoms with van der Waals surface area (Å²) in [7, 11) is 0. The Morgan fingerprint density at radius 1 is 1.29 bits per heavy atom. The fraction of sp³-hybridized carbons (Fsp3) is 0.692. The number of carbonyl (C=O) groups excluding carboxylic acids is 2. The van der Waals surface area contributed by atoms with E-state index in [-0.39, 0.29) is 17.8 Å². The van der Waals surface area contributed by atoms with E-state index in [1.54, 1.807) is 11.0 Å². The van der Waals surface area contributed by atoms with Crippen molar-refractivity contribution in [3.63, 3.8) is 0 Å². The smallest absolute Gasteiger partial charge is 0.309 e. The van der Waals surface area contributed by atoms with Crippen LogP contribution in [0.15, 0.2) is 11.6 Å². The predicted octanol–water partition coefficient (Wildman–Crippen LogP) is 1.75. The van der Waals surface area contributed by atoms with E-state index in [4.69, 9.17) is 4.74 Å². The average Bonchev–Trinajstić information content (AvgIpc) is 2.28. The summed E-state index contributed by atoms with van der Waals surface area (Å²) in [5.74, 6) is -0.111. The predicted molar refractivity (Wildman–Crippen MR) is 65.4 cm³/mol. The van der Waals surface area contributed by atoms with E-state index >= 15 is 0 Å². The molecule has 0 N–H and O–H groups in total. The summed E-state index contributed by atoms with van der Waals surface area (Å²) in [6, 6.07) is 0. The van der Waals surface area contributed by atoms with Gasteiger partial charge < -0.3 is 9.64 Å². The summed E-state index contributed by atoms with van der Waals surface area (Å²) in [5, 5.41) is 0. The third-order valence-electron chi connectivity index (χ3n) is 2.84. The molecule has 1 fully saturated rings. The summed E-state index contributed by atoms with van der Waals surface area (Å²) in [5.41, 5.74) is 1.00. The van der Waals surface area contributed by atoms with Crippen LogP contribution in [0.4, 0.5) is 0 Å². The highest BCUT2D eigenvalue weighted by Crippen LogP contribution is 2.19. The number of nitrogens with zero attached hydrogens (tertiary/aromatic N) is 1. The van der Waals surface area contributed by atoms with Gasteiger partial charge >= 0.3 is 5.97 Å². The molecule has 0 aromatic carbocycles. The molecule has 1 aliphatic heterocycles. The topological polar surface area (TPSA) is 46.6 Å². The minimum atomic E-state index is -0.123. The molecule has 1 saturated heterocycles. The van der Waals surface area contributed by atoms with Crippen LogP contribution in [0, 0.1) is 5.92 Å². The van der Waals surface area contributed by atoms with Crippen molar-refractivity contribution in [2.75, 3.05) is 19.7 Å². The number of likely N-dealkylation sites (tertiary alicyclic amines) is 1. The number of carbonyl (C=O) groups is 2. The second kappa shape index (κ2) is 6.42. The zero-order valence-electron chi connectivity index (χ0n) is 10.9. The lowest BCUT2D eigenvalue weighted by Gasteiger charge is -2.30. The normalized spacial score (nSPS) is 16.5. The Bertz CT molecular complexity index is 311. The molecule has 4 heteroatoms. The molecule has 1 aliphatic rings. The van der Waals surface area contributed by atoms with Crippen LogP contribution < -0.4 is 0 Å². The van der Waals surface area contributed by atoms with Crippen molar-refractivity contribution in [3.05, 3.63) is 11.6 Å². The molecule has 0 aromatic rings. The summed E-state index contributed by atoms with van der Waals surface area (Å²) < 4.78 is 4.99. The number of ether oxygens (including phenoxy) is 1. The lowest BCUT2D eigenvalue weighted by Crippen LogP contribution is -2.40. The number of hydrogen-bond donors (Lipinski definition) is 0. The van der Waals surface area contributed by atoms with Crippen LogP contribution in [-0.2, 0) is 14.3 Å². The van der Waals surface area contributed by atoms with Gasteiger partial charge in [0.15, 0.2) is 0 Å². The van der Waals surface area contributed by atoms with Crippen molar-refractivity contribution in [3.8, 4) is 0 Å². The minimum Gasteiger partial charge on any atom is -0.466 e. The highest BCUT2D eigenvalue weighted by Gasteiger charge is 2.27. The largest absolute Gasteiger partial charge is 0.466 e. The van der Waals surface area contributed by atoms with Crippen LogP contribution in [0.5, 0.6) is 0 Å². The van der Waals surface area contributed by atoms with Crippen LogP contribution >= 0.6 is 0 Å². The van der Waals surface area contributed by atoms with Crippen LogP contribution in [0.25, 0.3) is 0 Å². The fourth-order valence-electron chi connectivity index (χ4n) is 1.93. The van der Waals surface area contributed by atoms with Crippen LogP contribution in [0.2, 0.25) is 0 Å². The van der Waals surface area contributed by atoms with Gasteiger partial charge in [0.25, 0.3) is 0 Å². The second-order valence-corrected chi connectivity index (χ2v) is 4.57. The number of piperidine rings is 1. The lowest BCUT2D eigenvalue weighted by atomic mass is 9.97. The zero-order valence-corrected chi connectivity index (χ0v) is 10.9. The Hall–Kier alpha value is -1.32. The highest BCUT2D eigenvalue weighted by atomic mass is 16.5. The number of esters is 1. The van der Waals surface area contributed by atoms with Gasteiger partial charge in [-0.25, -0.2) is 0 Å². The fourth-order valence-corrected chi connectivity index (χ4v) is 1.93. The van der Waals surface area contributed by atoms with Crippen LogP contribution in [0.3, 0.4) is 0 Å². The molecular formula is C13H21NO3. The van der Waals surface area contributed by atoms with Crippen molar-refractivity contribution < 1.29 is 14.3 Å². The van der Waals surface area contributed by atoms with E-state index in [1.165, 1.54) is 0 Å². The Labute approximate surface area is 103 Å². The first-order valence-electron chi connectivity index (χ1n) is 6.15. The van der Waals surface area contributed by atoms with Gasteiger partial charge in [0.1, 0.15) is 0 Å². The SMILES string of the molecule is CCOC(=O)C1CCN(C(=O)C=C(C)C)CC1. The molecule has 0 atom stereocenters. The van der Waals surface area contributed by atoms with Gasteiger partial charge in [-0.15, -0.1) is 0 Å². The van der Waals surface area contributed by atoms with Gasteiger partial charge in [-0.2, -0.15) is 0 Å². The lowest BCUT2D eigenvalue weighted by molar-refractivity contribution is -0.150. The molecule has 1 amide bonds. The Balaban J connectivity index is 2.43. The maximum Gasteiger partial charge on any atom is 0.309 e. The van der Waals surface area contributed by atoms with Crippen molar-refractivity contribution in [1.29, 1.82) is 0 Å². The van der Waals surface area contributed by atoms with Gasteiger partial charge in [-0.1, -0.05) is 5.57 Å². The molecule has 0 unspecified atom stereocenters. The summed E-state index contributed by atoms with van der Waals surface area (Å²) >= 11 is 0. The first-order valence-corrected chi connectivity index (χ1v) is 6.15. The minimum absolute atomic E-state index is 0.0364. The third-order valence-corrected chi connectivity index (χ3v) is 2.84. The number of amides is 1. The van der Waals surface area contributed by atoms with Crippen molar-refractivity contribution in [2.45, 2.75) is 33.6 Å². The molecule has 17 heavy (non-hydrogen) atoms. The van der Waals surface area contributed by atoms with Gasteiger partial charge in [-0.3, -0.25) is 9.59 Å². The van der Waals surface area contributed by atoms with Crippen LogP contribution in [0.1, 0.15) is 33.6 Å². The van der Waals surface area contributed by atoms with Gasteiger partial charge in [0.05, 0.1) is 12.5 Å². The first-order chi connectivity index (χ1) is 8.04. The van der Waals surface area contributed by atoms with E-state index in [2.05, 4.69) is 0 Å². The van der Waals surface area contributed by atoms with E-state index in [0.29, 0.717) is 32.5 Å².